The molecule has 0 unspecified atom stereocenters. The Kier molecular flexibility index (Phi) is 7.51. The largest absolute Gasteiger partial charge is 0.497 e. The van der Waals surface area contributed by atoms with Gasteiger partial charge in [-0.3, -0.25) is 9.52 Å². The second kappa shape index (κ2) is 11.2. The Morgan fingerprint density at radius 2 is 1.54 bits per heavy atom. The molecule has 0 spiro atoms. The van der Waals surface area contributed by atoms with Crippen molar-refractivity contribution in [1.29, 1.82) is 0 Å². The number of nitrogens with one attached hydrogen (secondary N) is 3. The number of aromatic nitrogens is 2. The van der Waals surface area contributed by atoms with Gasteiger partial charge in [-0.1, -0.05) is 24.6 Å². The number of methoxy groups -OCH3 is 2. The lowest BCUT2D eigenvalue weighted by Crippen LogP contribution is -2.21. The number of nitrogens with zero attached hydrogens (tertiary/aromatic N) is 2. The van der Waals surface area contributed by atoms with Crippen LogP contribution in [-0.4, -0.2) is 38.5 Å². The fourth-order valence-electron chi connectivity index (χ4n) is 4.27. The van der Waals surface area contributed by atoms with E-state index in [1.807, 2.05) is 6.07 Å². The summed E-state index contributed by atoms with van der Waals surface area (Å²) >= 11 is 0. The van der Waals surface area contributed by atoms with Crippen LogP contribution in [0.25, 0.3) is 11.0 Å². The topological polar surface area (TPSA) is 132 Å². The number of amides is 1. The van der Waals surface area contributed by atoms with Gasteiger partial charge in [0.15, 0.2) is 11.6 Å². The van der Waals surface area contributed by atoms with Crippen LogP contribution in [0.3, 0.4) is 0 Å². The zero-order valence-electron chi connectivity index (χ0n) is 21.6. The number of ether oxygens (including phenoxy) is 2. The number of fused-ring (bicyclic) bond motifs is 1. The molecule has 1 fully saturated rings. The minimum absolute atomic E-state index is 0.00917. The molecule has 1 aliphatic rings. The Balaban J connectivity index is 1.45. The number of hydrogen-bond acceptors (Lipinski definition) is 8. The SMILES string of the molecule is COc1cc(Nc2nc3ccccc3nc2NS(=O)(=O)c2cccc(NC(=O)CC3CCC3)c2)cc(OC)c1. The predicted octanol–water partition coefficient (Wildman–Crippen LogP) is 5.32. The lowest BCUT2D eigenvalue weighted by molar-refractivity contribution is -0.117. The first-order chi connectivity index (χ1) is 18.8. The highest BCUT2D eigenvalue weighted by atomic mass is 32.2. The van der Waals surface area contributed by atoms with Crippen LogP contribution in [-0.2, 0) is 14.8 Å². The summed E-state index contributed by atoms with van der Waals surface area (Å²) in [5.41, 5.74) is 2.07. The molecule has 5 rings (SSSR count). The van der Waals surface area contributed by atoms with Crippen LogP contribution in [0.1, 0.15) is 25.7 Å². The van der Waals surface area contributed by atoms with Crippen LogP contribution in [0.5, 0.6) is 11.5 Å². The van der Waals surface area contributed by atoms with E-state index in [4.69, 9.17) is 9.47 Å². The molecule has 202 valence electrons. The Labute approximate surface area is 226 Å². The Morgan fingerprint density at radius 3 is 2.15 bits per heavy atom. The summed E-state index contributed by atoms with van der Waals surface area (Å²) in [5.74, 6) is 1.57. The molecule has 1 amide bonds. The van der Waals surface area contributed by atoms with Gasteiger partial charge >= 0.3 is 0 Å². The summed E-state index contributed by atoms with van der Waals surface area (Å²) in [7, 11) is -1.01. The summed E-state index contributed by atoms with van der Waals surface area (Å²) < 4.78 is 40.2. The van der Waals surface area contributed by atoms with Crippen LogP contribution in [0, 0.1) is 5.92 Å². The van der Waals surface area contributed by atoms with Crippen molar-refractivity contribution >= 4 is 50.0 Å². The Hall–Kier alpha value is -4.38. The number of sulfonamides is 1. The minimum atomic E-state index is -4.09. The van der Waals surface area contributed by atoms with Crippen molar-refractivity contribution < 1.29 is 22.7 Å². The number of hydrogen-bond donors (Lipinski definition) is 3. The van der Waals surface area contributed by atoms with Crippen molar-refractivity contribution in [3.63, 3.8) is 0 Å². The van der Waals surface area contributed by atoms with E-state index in [0.29, 0.717) is 46.2 Å². The molecule has 3 N–H and O–H groups in total. The molecule has 1 aliphatic carbocycles. The molecule has 3 aromatic carbocycles. The van der Waals surface area contributed by atoms with Crippen LogP contribution >= 0.6 is 0 Å². The van der Waals surface area contributed by atoms with E-state index in [1.165, 1.54) is 26.4 Å². The Morgan fingerprint density at radius 1 is 0.872 bits per heavy atom. The highest BCUT2D eigenvalue weighted by molar-refractivity contribution is 7.92. The lowest BCUT2D eigenvalue weighted by atomic mass is 9.83. The van der Waals surface area contributed by atoms with Gasteiger partial charge in [-0.05, 0) is 49.1 Å². The molecule has 0 aliphatic heterocycles. The maximum Gasteiger partial charge on any atom is 0.263 e. The maximum atomic E-state index is 13.5. The smallest absolute Gasteiger partial charge is 0.263 e. The normalized spacial score (nSPS) is 13.4. The van der Waals surface area contributed by atoms with Crippen molar-refractivity contribution in [2.75, 3.05) is 29.6 Å². The van der Waals surface area contributed by atoms with Crippen molar-refractivity contribution in [2.45, 2.75) is 30.6 Å². The first-order valence-electron chi connectivity index (χ1n) is 12.5. The quantitative estimate of drug-likeness (QED) is 0.243. The van der Waals surface area contributed by atoms with Crippen molar-refractivity contribution in [3.8, 4) is 11.5 Å². The van der Waals surface area contributed by atoms with Crippen LogP contribution in [0.4, 0.5) is 23.0 Å². The first-order valence-corrected chi connectivity index (χ1v) is 14.0. The number of benzene rings is 3. The molecular formula is C28H29N5O5S. The highest BCUT2D eigenvalue weighted by Gasteiger charge is 2.22. The van der Waals surface area contributed by atoms with E-state index < -0.39 is 10.0 Å². The van der Waals surface area contributed by atoms with Crippen molar-refractivity contribution in [1.82, 2.24) is 9.97 Å². The van der Waals surface area contributed by atoms with Gasteiger partial charge in [0.05, 0.1) is 30.1 Å². The number of para-hydroxylation sites is 2. The van der Waals surface area contributed by atoms with E-state index >= 15 is 0 Å². The fourth-order valence-corrected chi connectivity index (χ4v) is 5.33. The molecule has 0 atom stereocenters. The number of carbonyl (C=O) groups excluding carboxylic acids is 1. The second-order valence-corrected chi connectivity index (χ2v) is 11.0. The predicted molar refractivity (Wildman–Crippen MR) is 150 cm³/mol. The average Bonchev–Trinajstić information content (AvgIpc) is 2.91. The first kappa shape index (κ1) is 26.2. The molecule has 0 radical (unpaired) electrons. The minimum Gasteiger partial charge on any atom is -0.497 e. The van der Waals surface area contributed by atoms with Crippen LogP contribution in [0.15, 0.2) is 71.6 Å². The maximum absolute atomic E-state index is 13.5. The molecule has 11 heteroatoms. The third kappa shape index (κ3) is 6.20. The molecule has 1 aromatic heterocycles. The van der Waals surface area contributed by atoms with Crippen LogP contribution < -0.4 is 24.8 Å². The summed E-state index contributed by atoms with van der Waals surface area (Å²) in [6, 6.07) is 18.5. The number of anilines is 4. The van der Waals surface area contributed by atoms with Gasteiger partial charge in [-0.25, -0.2) is 18.4 Å². The third-order valence-corrected chi connectivity index (χ3v) is 7.88. The standard InChI is InChI=1S/C28H29N5O5S/c1-37-21-14-20(15-22(17-21)38-2)30-27-28(32-25-12-4-3-11-24(25)31-27)33-39(35,36)23-10-6-9-19(16-23)29-26(34)13-18-7-5-8-18/h3-4,6,9-12,14-18H,5,7-8,13H2,1-2H3,(H,29,34)(H,30,31)(H,32,33). The monoisotopic (exact) mass is 547 g/mol. The van der Waals surface area contributed by atoms with Crippen molar-refractivity contribution in [2.24, 2.45) is 5.92 Å². The summed E-state index contributed by atoms with van der Waals surface area (Å²) in [5, 5.41) is 5.95. The zero-order chi connectivity index (χ0) is 27.4. The molecule has 1 saturated carbocycles. The number of carbonyl (C=O) groups is 1. The molecule has 10 nitrogen and oxygen atoms in total. The van der Waals surface area contributed by atoms with Gasteiger partial charge < -0.3 is 20.1 Å². The van der Waals surface area contributed by atoms with E-state index in [-0.39, 0.29) is 22.4 Å². The van der Waals surface area contributed by atoms with E-state index in [2.05, 4.69) is 25.3 Å². The van der Waals surface area contributed by atoms with E-state index in [0.717, 1.165) is 19.3 Å². The summed E-state index contributed by atoms with van der Waals surface area (Å²) in [6.45, 7) is 0. The van der Waals surface area contributed by atoms with E-state index in [1.54, 1.807) is 48.5 Å². The molecule has 0 bridgehead atoms. The summed E-state index contributed by atoms with van der Waals surface area (Å²) in [4.78, 5) is 21.5. The van der Waals surface area contributed by atoms with Crippen molar-refractivity contribution in [3.05, 3.63) is 66.7 Å². The van der Waals surface area contributed by atoms with Gasteiger partial charge in [0.1, 0.15) is 11.5 Å². The third-order valence-electron chi connectivity index (χ3n) is 6.54. The molecular weight excluding hydrogens is 518 g/mol. The van der Waals surface area contributed by atoms with Gasteiger partial charge in [-0.15, -0.1) is 0 Å². The average molecular weight is 548 g/mol. The fraction of sp³-hybridized carbons (Fsp3) is 0.250. The molecule has 1 heterocycles. The van der Waals surface area contributed by atoms with Crippen LogP contribution in [0.2, 0.25) is 0 Å². The van der Waals surface area contributed by atoms with Gasteiger partial charge in [0, 0.05) is 36.0 Å². The van der Waals surface area contributed by atoms with Gasteiger partial charge in [-0.2, -0.15) is 0 Å². The molecule has 39 heavy (non-hydrogen) atoms. The molecule has 0 saturated heterocycles. The number of rotatable bonds is 10. The van der Waals surface area contributed by atoms with E-state index in [9.17, 15) is 13.2 Å². The second-order valence-electron chi connectivity index (χ2n) is 9.32. The Bertz CT molecular complexity index is 1600. The lowest BCUT2D eigenvalue weighted by Gasteiger charge is -2.24. The summed E-state index contributed by atoms with van der Waals surface area (Å²) in [6.07, 6.45) is 3.69. The zero-order valence-corrected chi connectivity index (χ0v) is 22.4. The molecule has 4 aromatic rings. The van der Waals surface area contributed by atoms with Gasteiger partial charge in [0.2, 0.25) is 5.91 Å². The highest BCUT2D eigenvalue weighted by Crippen LogP contribution is 2.32. The van der Waals surface area contributed by atoms with Gasteiger partial charge in [0.25, 0.3) is 10.0 Å².